The first-order valence-corrected chi connectivity index (χ1v) is 22.8. The molecule has 6 heteroatoms. The molecule has 3 radical (unpaired) electrons. The van der Waals surface area contributed by atoms with Crippen LogP contribution in [0, 0.1) is 6.66 Å². The third-order valence-corrected chi connectivity index (χ3v) is 19.2. The van der Waals surface area contributed by atoms with Gasteiger partial charge in [0.05, 0.1) is 0 Å². The Morgan fingerprint density at radius 3 is 1.32 bits per heavy atom. The van der Waals surface area contributed by atoms with Crippen molar-refractivity contribution in [1.82, 2.24) is 0 Å². The van der Waals surface area contributed by atoms with Crippen LogP contribution in [0.15, 0.2) is 34.0 Å². The minimum atomic E-state index is -3.06. The Kier molecular flexibility index (Phi) is 14.2. The second kappa shape index (κ2) is 16.0. The van der Waals surface area contributed by atoms with Crippen molar-refractivity contribution in [1.29, 1.82) is 0 Å². The molecule has 50 heavy (non-hydrogen) atoms. The molecule has 0 amide bonds. The van der Waals surface area contributed by atoms with E-state index in [1.807, 2.05) is 0 Å². The second-order valence-corrected chi connectivity index (χ2v) is 27.4. The van der Waals surface area contributed by atoms with Gasteiger partial charge in [-0.15, -0.1) is 0 Å². The number of carbonyl (C=O) groups is 2. The van der Waals surface area contributed by atoms with E-state index in [1.165, 1.54) is 40.9 Å². The molecule has 1 unspecified atom stereocenters. The summed E-state index contributed by atoms with van der Waals surface area (Å²) >= 11 is -3.06. The molecule has 1 atom stereocenters. The van der Waals surface area contributed by atoms with Crippen molar-refractivity contribution in [2.45, 2.75) is 163 Å². The van der Waals surface area contributed by atoms with E-state index >= 15 is 0 Å². The molecule has 0 aliphatic rings. The van der Waals surface area contributed by atoms with Crippen LogP contribution in [-0.2, 0) is 35.3 Å². The number of rotatable bonds is 9. The van der Waals surface area contributed by atoms with Crippen molar-refractivity contribution in [2.24, 2.45) is 0 Å². The molecule has 0 saturated heterocycles. The van der Waals surface area contributed by atoms with E-state index in [-0.39, 0.29) is 37.6 Å². The molecule has 2 aromatic rings. The summed E-state index contributed by atoms with van der Waals surface area (Å²) in [5.41, 5.74) is 6.49. The maximum atomic E-state index is 14.6. The summed E-state index contributed by atoms with van der Waals surface area (Å²) in [5, 5.41) is 1.24. The molecule has 0 N–H and O–H groups in total. The van der Waals surface area contributed by atoms with Crippen LogP contribution in [0.25, 0.3) is 0 Å². The van der Waals surface area contributed by atoms with Gasteiger partial charge in [-0.25, -0.2) is 0 Å². The predicted molar refractivity (Wildman–Crippen MR) is 218 cm³/mol. The van der Waals surface area contributed by atoms with Gasteiger partial charge in [0.15, 0.2) is 0 Å². The molecule has 277 valence electrons. The second-order valence-electron chi connectivity index (χ2n) is 18.9. The molecular formula is C44H68GeO4P. The molecule has 4 nitrogen and oxygen atoms in total. The van der Waals surface area contributed by atoms with Crippen molar-refractivity contribution in [2.75, 3.05) is 14.2 Å². The van der Waals surface area contributed by atoms with E-state index in [1.54, 1.807) is 0 Å². The Labute approximate surface area is 312 Å². The van der Waals surface area contributed by atoms with E-state index in [0.717, 1.165) is 16.4 Å². The third-order valence-electron chi connectivity index (χ3n) is 9.46. The first-order chi connectivity index (χ1) is 22.5. The number of ether oxygens (including phenoxy) is 2. The monoisotopic (exact) mass is 765 g/mol. The average molecular weight is 765 g/mol. The fourth-order valence-electron chi connectivity index (χ4n) is 6.54. The van der Waals surface area contributed by atoms with Gasteiger partial charge in [0.1, 0.15) is 0 Å². The molecule has 2 rings (SSSR count). The van der Waals surface area contributed by atoms with E-state index in [9.17, 15) is 9.59 Å². The third kappa shape index (κ3) is 9.74. The molecular weight excluding hydrogens is 696 g/mol. The summed E-state index contributed by atoms with van der Waals surface area (Å²) < 4.78 is 12.7. The van der Waals surface area contributed by atoms with Gasteiger partial charge >= 0.3 is 314 Å². The number of methoxy groups -OCH3 is 2. The van der Waals surface area contributed by atoms with E-state index in [2.05, 4.69) is 149 Å². The molecule has 0 aliphatic heterocycles. The van der Waals surface area contributed by atoms with Crippen molar-refractivity contribution in [3.05, 3.63) is 74.0 Å². The van der Waals surface area contributed by atoms with Crippen molar-refractivity contribution < 1.29 is 19.1 Å². The standard InChI is InChI=1S/C44H68GeO4P/c1-26(2)29-22-31(27(3)4)35(32(23-29)28(5)6)45(44(16,17)18)36(39(46)48-19)38(40(47)49-20)50(21)37-33(42(10,11)12)24-30(41(7,8)9)25-34(37)43(13,14)15/h21-28H,1-20H3/b38-36-. The summed E-state index contributed by atoms with van der Waals surface area (Å²) in [4.78, 5) is 29.0. The van der Waals surface area contributed by atoms with Gasteiger partial charge < -0.3 is 0 Å². The Hall–Kier alpha value is -1.91. The van der Waals surface area contributed by atoms with Gasteiger partial charge in [-0.3, -0.25) is 0 Å². The van der Waals surface area contributed by atoms with Crippen LogP contribution in [0.2, 0.25) is 4.25 Å². The number of hydrogen-bond donors (Lipinski definition) is 0. The van der Waals surface area contributed by atoms with Crippen molar-refractivity contribution >= 4 is 43.9 Å². The first kappa shape index (κ1) is 44.3. The Balaban J connectivity index is 3.47. The normalized spacial score (nSPS) is 14.4. The summed E-state index contributed by atoms with van der Waals surface area (Å²) in [5.74, 6) is -0.278. The SMILES string of the molecule is [CH]P(/C(C(=O)OC)=[C](/C(=O)OC)[Ge]([c]1c(C(C)C)cc(C(C)C)cc1C(C)C)[C](C)(C)C)c1c(C(C)(C)C)cc(C(C)(C)C)cc1C(C)(C)C. The van der Waals surface area contributed by atoms with Crippen LogP contribution in [0.3, 0.4) is 0 Å². The first-order valence-electron chi connectivity index (χ1n) is 18.2. The van der Waals surface area contributed by atoms with Crippen LogP contribution < -0.4 is 9.70 Å². The molecule has 0 fully saturated rings. The van der Waals surface area contributed by atoms with Gasteiger partial charge in [0.25, 0.3) is 0 Å². The van der Waals surface area contributed by atoms with E-state index in [4.69, 9.17) is 16.1 Å². The van der Waals surface area contributed by atoms with Crippen LogP contribution in [0.5, 0.6) is 0 Å². The van der Waals surface area contributed by atoms with Crippen LogP contribution in [0.1, 0.15) is 176 Å². The predicted octanol–water partition coefficient (Wildman–Crippen LogP) is 11.1. The topological polar surface area (TPSA) is 52.6 Å². The average Bonchev–Trinajstić information content (AvgIpc) is 2.96. The molecule has 0 bridgehead atoms. The Morgan fingerprint density at radius 2 is 1.04 bits per heavy atom. The molecule has 0 aliphatic carbocycles. The molecule has 2 aromatic carbocycles. The van der Waals surface area contributed by atoms with Gasteiger partial charge in [0.2, 0.25) is 0 Å². The quantitative estimate of drug-likeness (QED) is 0.110. The fourth-order valence-corrected chi connectivity index (χ4v) is 17.8. The zero-order valence-electron chi connectivity index (χ0n) is 35.2. The van der Waals surface area contributed by atoms with Crippen molar-refractivity contribution in [3.63, 3.8) is 0 Å². The summed E-state index contributed by atoms with van der Waals surface area (Å²) in [6.45, 7) is 47.5. The molecule has 0 spiro atoms. The number of hydrogen-bond acceptors (Lipinski definition) is 4. The molecule has 0 saturated carbocycles. The summed E-state index contributed by atoms with van der Waals surface area (Å²) in [7, 11) is 0.943. The zero-order valence-corrected chi connectivity index (χ0v) is 38.2. The van der Waals surface area contributed by atoms with E-state index in [0.29, 0.717) is 10.3 Å². The van der Waals surface area contributed by atoms with E-state index < -0.39 is 34.2 Å². The number of carbonyl (C=O) groups excluding carboxylic acids is 2. The summed E-state index contributed by atoms with van der Waals surface area (Å²) in [6, 6.07) is 9.24. The van der Waals surface area contributed by atoms with Gasteiger partial charge in [0, 0.05) is 0 Å². The van der Waals surface area contributed by atoms with Crippen LogP contribution in [-0.4, -0.2) is 40.5 Å². The Bertz CT molecular complexity index is 1520. The summed E-state index contributed by atoms with van der Waals surface area (Å²) in [6.07, 6.45) is 0. The van der Waals surface area contributed by atoms with Gasteiger partial charge in [-0.2, -0.15) is 0 Å². The zero-order chi connectivity index (χ0) is 39.1. The minimum absolute atomic E-state index is 0.109. The molecule has 0 heterocycles. The Morgan fingerprint density at radius 1 is 0.640 bits per heavy atom. The molecule has 0 aromatic heterocycles. The number of benzene rings is 2. The van der Waals surface area contributed by atoms with Crippen LogP contribution in [0.4, 0.5) is 0 Å². The van der Waals surface area contributed by atoms with Crippen LogP contribution >= 0.6 is 7.92 Å². The van der Waals surface area contributed by atoms with Gasteiger partial charge in [-0.05, 0) is 0 Å². The fraction of sp³-hybridized carbons (Fsp3) is 0.614. The van der Waals surface area contributed by atoms with Crippen molar-refractivity contribution in [3.8, 4) is 0 Å². The van der Waals surface area contributed by atoms with Gasteiger partial charge in [-0.1, -0.05) is 0 Å². The number of esters is 2. The maximum absolute atomic E-state index is 14.6.